The van der Waals surface area contributed by atoms with Crippen LogP contribution in [-0.4, -0.2) is 61.1 Å². The average molecular weight is 307 g/mol. The first-order valence-electron chi connectivity index (χ1n) is 5.62. The molecule has 10 nitrogen and oxygen atoms in total. The average Bonchev–Trinajstić information content (AvgIpc) is 2.66. The monoisotopic (exact) mass is 307 g/mol. The molecule has 112 valence electrons. The summed E-state index contributed by atoms with van der Waals surface area (Å²) in [6.07, 6.45) is -2.04. The van der Waals surface area contributed by atoms with Gasteiger partial charge in [0.25, 0.3) is 0 Å². The maximum absolute atomic E-state index is 10.9. The fourth-order valence-electron chi connectivity index (χ4n) is 1.78. The van der Waals surface area contributed by atoms with E-state index in [9.17, 15) is 9.67 Å². The van der Waals surface area contributed by atoms with E-state index in [0.717, 1.165) is 0 Å². The molecule has 1 aromatic rings. The summed E-state index contributed by atoms with van der Waals surface area (Å²) in [6.45, 7) is -0.532. The van der Waals surface area contributed by atoms with Gasteiger partial charge in [-0.25, -0.2) is 14.5 Å². The molecule has 0 aliphatic carbocycles. The van der Waals surface area contributed by atoms with E-state index in [1.54, 1.807) is 6.07 Å². The van der Waals surface area contributed by atoms with Crippen LogP contribution in [0.15, 0.2) is 18.5 Å². The minimum absolute atomic E-state index is 0.127. The fourth-order valence-corrected chi connectivity index (χ4v) is 2.33. The smallest absolute Gasteiger partial charge is 0.394 e. The van der Waals surface area contributed by atoms with E-state index in [2.05, 4.69) is 19.8 Å². The van der Waals surface area contributed by atoms with Gasteiger partial charge in [0, 0.05) is 12.4 Å². The number of phosphoric ester groups is 1. The molecule has 1 aromatic heterocycles. The highest BCUT2D eigenvalue weighted by Gasteiger charge is 2.47. The van der Waals surface area contributed by atoms with Crippen LogP contribution in [0.3, 0.4) is 0 Å². The molecular weight excluding hydrogens is 293 g/mol. The van der Waals surface area contributed by atoms with Crippen molar-refractivity contribution in [2.24, 2.45) is 0 Å². The van der Waals surface area contributed by atoms with Gasteiger partial charge in [-0.15, -0.1) is 0 Å². The van der Waals surface area contributed by atoms with Gasteiger partial charge in [-0.2, -0.15) is 0 Å². The second kappa shape index (κ2) is 6.10. The molecule has 0 spiro atoms. The molecule has 0 amide bonds. The maximum atomic E-state index is 10.9. The third-order valence-corrected chi connectivity index (χ3v) is 3.13. The number of hydrogen-bond donors (Lipinski definition) is 5. The van der Waals surface area contributed by atoms with Crippen molar-refractivity contribution in [1.82, 2.24) is 9.97 Å². The number of aliphatic hydroxyl groups is 2. The van der Waals surface area contributed by atoms with Crippen LogP contribution >= 0.6 is 7.82 Å². The highest BCUT2D eigenvalue weighted by atomic mass is 31.2. The first-order valence-corrected chi connectivity index (χ1v) is 7.15. The van der Waals surface area contributed by atoms with Gasteiger partial charge in [-0.05, 0) is 6.07 Å². The molecule has 1 fully saturated rings. The summed E-state index contributed by atoms with van der Waals surface area (Å²) in [6, 6.07) is 1.58. The predicted octanol–water partition coefficient (Wildman–Crippen LogP) is -1.56. The van der Waals surface area contributed by atoms with Gasteiger partial charge in [0.2, 0.25) is 5.95 Å². The van der Waals surface area contributed by atoms with E-state index in [0.29, 0.717) is 0 Å². The lowest BCUT2D eigenvalue weighted by Crippen LogP contribution is -2.38. The van der Waals surface area contributed by atoms with E-state index in [4.69, 9.17) is 19.6 Å². The van der Waals surface area contributed by atoms with Crippen LogP contribution in [0.2, 0.25) is 0 Å². The van der Waals surface area contributed by atoms with Crippen LogP contribution in [0.25, 0.3) is 0 Å². The molecule has 11 heteroatoms. The Morgan fingerprint density at radius 1 is 1.40 bits per heavy atom. The summed E-state index contributed by atoms with van der Waals surface area (Å²) in [5.74, 6) is 0.127. The van der Waals surface area contributed by atoms with Crippen LogP contribution < -0.4 is 5.32 Å². The van der Waals surface area contributed by atoms with E-state index >= 15 is 0 Å². The molecule has 4 atom stereocenters. The summed E-state index contributed by atoms with van der Waals surface area (Å²) in [4.78, 5) is 25.4. The van der Waals surface area contributed by atoms with Crippen molar-refractivity contribution in [3.05, 3.63) is 18.5 Å². The Morgan fingerprint density at radius 3 is 2.60 bits per heavy atom. The number of phosphoric acid groups is 1. The Kier molecular flexibility index (Phi) is 4.66. The third kappa shape index (κ3) is 3.70. The predicted molar refractivity (Wildman–Crippen MR) is 64.3 cm³/mol. The fraction of sp³-hybridized carbons (Fsp3) is 0.556. The van der Waals surface area contributed by atoms with Gasteiger partial charge >= 0.3 is 7.82 Å². The third-order valence-electron chi connectivity index (χ3n) is 2.61. The van der Waals surface area contributed by atoms with Gasteiger partial charge in [-0.1, -0.05) is 0 Å². The highest BCUT2D eigenvalue weighted by Crippen LogP contribution is 2.41. The Hall–Kier alpha value is -1.13. The first-order chi connectivity index (χ1) is 9.40. The van der Waals surface area contributed by atoms with Crippen molar-refractivity contribution in [3.63, 3.8) is 0 Å². The lowest BCUT2D eigenvalue weighted by Gasteiger charge is -2.21. The molecule has 2 heterocycles. The second-order valence-electron chi connectivity index (χ2n) is 4.05. The maximum Gasteiger partial charge on any atom is 0.470 e. The Labute approximate surface area is 113 Å². The van der Waals surface area contributed by atoms with Crippen LogP contribution in [0, 0.1) is 0 Å². The Morgan fingerprint density at radius 2 is 2.05 bits per heavy atom. The van der Waals surface area contributed by atoms with E-state index in [1.165, 1.54) is 12.4 Å². The summed E-state index contributed by atoms with van der Waals surface area (Å²) >= 11 is 0. The SMILES string of the molecule is O=P(O)(O)O[C@H]1C(Nc2ncccn2)O[C@H](CO)[C@H]1O. The van der Waals surface area contributed by atoms with Gasteiger partial charge in [0.1, 0.15) is 18.3 Å². The van der Waals surface area contributed by atoms with Gasteiger partial charge in [-0.3, -0.25) is 4.52 Å². The standard InChI is InChI=1S/C9H14N3O7P/c13-4-5-6(14)7(19-20(15,16)17)8(18-5)12-9-10-2-1-3-11-9/h1-3,5-8,13-14H,4H2,(H,10,11,12)(H2,15,16,17)/t5-,6-,7-,8?/m1/s1. The molecule has 1 aliphatic heterocycles. The zero-order valence-corrected chi connectivity index (χ0v) is 11.0. The quantitative estimate of drug-likeness (QED) is 0.403. The van der Waals surface area contributed by atoms with Crippen LogP contribution in [-0.2, 0) is 13.8 Å². The number of ether oxygens (including phenoxy) is 1. The number of nitrogens with zero attached hydrogens (tertiary/aromatic N) is 2. The van der Waals surface area contributed by atoms with E-state index in [-0.39, 0.29) is 5.95 Å². The zero-order valence-electron chi connectivity index (χ0n) is 10.1. The van der Waals surface area contributed by atoms with Crippen molar-refractivity contribution >= 4 is 13.8 Å². The molecule has 2 rings (SSSR count). The largest absolute Gasteiger partial charge is 0.470 e. The molecule has 5 N–H and O–H groups in total. The number of rotatable bonds is 5. The van der Waals surface area contributed by atoms with Crippen LogP contribution in [0.5, 0.6) is 0 Å². The van der Waals surface area contributed by atoms with E-state index in [1.807, 2.05) is 0 Å². The molecule has 0 bridgehead atoms. The number of aromatic nitrogens is 2. The van der Waals surface area contributed by atoms with Crippen molar-refractivity contribution in [2.75, 3.05) is 11.9 Å². The molecule has 0 aromatic carbocycles. The topological polar surface area (TPSA) is 154 Å². The number of anilines is 1. The van der Waals surface area contributed by atoms with Gasteiger partial charge < -0.3 is 30.1 Å². The molecule has 1 saturated heterocycles. The Balaban J connectivity index is 2.14. The first kappa shape index (κ1) is 15.3. The zero-order chi connectivity index (χ0) is 14.8. The summed E-state index contributed by atoms with van der Waals surface area (Å²) in [7, 11) is -4.83. The second-order valence-corrected chi connectivity index (χ2v) is 5.24. The number of nitrogens with one attached hydrogen (secondary N) is 1. The number of hydrogen-bond acceptors (Lipinski definition) is 8. The summed E-state index contributed by atoms with van der Waals surface area (Å²) in [5.41, 5.74) is 0. The molecule has 0 saturated carbocycles. The molecule has 1 aliphatic rings. The summed E-state index contributed by atoms with van der Waals surface area (Å²) in [5, 5.41) is 21.5. The molecular formula is C9H14N3O7P. The lowest BCUT2D eigenvalue weighted by molar-refractivity contribution is -0.0154. The number of aliphatic hydroxyl groups excluding tert-OH is 2. The van der Waals surface area contributed by atoms with Crippen molar-refractivity contribution < 1.29 is 33.8 Å². The minimum Gasteiger partial charge on any atom is -0.394 e. The van der Waals surface area contributed by atoms with Crippen molar-refractivity contribution in [3.8, 4) is 0 Å². The van der Waals surface area contributed by atoms with Gasteiger partial charge in [0.15, 0.2) is 6.23 Å². The van der Waals surface area contributed by atoms with Crippen LogP contribution in [0.4, 0.5) is 5.95 Å². The summed E-state index contributed by atoms with van der Waals surface area (Å²) < 4.78 is 20.6. The van der Waals surface area contributed by atoms with Crippen LogP contribution in [0.1, 0.15) is 0 Å². The van der Waals surface area contributed by atoms with Crippen molar-refractivity contribution in [1.29, 1.82) is 0 Å². The molecule has 1 unspecified atom stereocenters. The lowest BCUT2D eigenvalue weighted by atomic mass is 10.1. The molecule has 0 radical (unpaired) electrons. The van der Waals surface area contributed by atoms with E-state index < -0.39 is 39.0 Å². The highest BCUT2D eigenvalue weighted by molar-refractivity contribution is 7.46. The Bertz CT molecular complexity index is 484. The molecule has 20 heavy (non-hydrogen) atoms. The normalized spacial score (nSPS) is 30.4. The van der Waals surface area contributed by atoms with Gasteiger partial charge in [0.05, 0.1) is 6.61 Å². The minimum atomic E-state index is -4.83. The van der Waals surface area contributed by atoms with Crippen molar-refractivity contribution in [2.45, 2.75) is 24.5 Å².